The van der Waals surface area contributed by atoms with Gasteiger partial charge in [-0.1, -0.05) is 35.4 Å². The minimum Gasteiger partial charge on any atom is -0.424 e. The van der Waals surface area contributed by atoms with Crippen LogP contribution in [0.1, 0.15) is 33.4 Å². The van der Waals surface area contributed by atoms with Crippen molar-refractivity contribution < 1.29 is 4.12 Å². The number of nitrogens with one attached hydrogen (secondary N) is 2. The molecule has 2 N–H and O–H groups in total. The van der Waals surface area contributed by atoms with E-state index >= 15 is 0 Å². The summed E-state index contributed by atoms with van der Waals surface area (Å²) in [5.74, 6) is 0. The third-order valence-electron chi connectivity index (χ3n) is 4.72. The van der Waals surface area contributed by atoms with Crippen molar-refractivity contribution in [2.24, 2.45) is 0 Å². The normalized spacial score (nSPS) is 12.2. The zero-order valence-electron chi connectivity index (χ0n) is 18.7. The maximum Gasteiger partial charge on any atom is 0.282 e. The molecule has 0 aliphatic rings. The summed E-state index contributed by atoms with van der Waals surface area (Å²) in [6.07, 6.45) is 0. The fraction of sp³-hybridized carbons (Fsp3) is 0.455. The maximum atomic E-state index is 6.77. The first-order valence-electron chi connectivity index (χ1n) is 9.72. The molecule has 2 aromatic carbocycles. The molecule has 0 saturated heterocycles. The lowest BCUT2D eigenvalue weighted by Gasteiger charge is -2.36. The standard InChI is InChI=1S/C22H36N2OSi2/c1-15-11-17(3)21(18(4)12-15)23-26(7,8)25-27(9,10)24-22-19(5)13-16(2)14-20(22)6/h11-14,23-24H,1-10H3. The molecule has 0 fully saturated rings. The van der Waals surface area contributed by atoms with Gasteiger partial charge in [0.25, 0.3) is 17.0 Å². The molecule has 0 radical (unpaired) electrons. The van der Waals surface area contributed by atoms with E-state index in [4.69, 9.17) is 4.12 Å². The van der Waals surface area contributed by atoms with Crippen LogP contribution < -0.4 is 9.96 Å². The van der Waals surface area contributed by atoms with Gasteiger partial charge in [-0.25, -0.2) is 0 Å². The van der Waals surface area contributed by atoms with Crippen LogP contribution in [0.3, 0.4) is 0 Å². The average molecular weight is 401 g/mol. The molecule has 0 unspecified atom stereocenters. The number of hydrogen-bond donors (Lipinski definition) is 2. The molecule has 0 aromatic heterocycles. The van der Waals surface area contributed by atoms with Gasteiger partial charge in [-0.15, -0.1) is 0 Å². The second-order valence-corrected chi connectivity index (χ2v) is 16.3. The Hall–Kier alpha value is -1.57. The molecular weight excluding hydrogens is 364 g/mol. The first-order chi connectivity index (χ1) is 12.3. The fourth-order valence-electron chi connectivity index (χ4n) is 4.05. The third-order valence-corrected chi connectivity index (χ3v) is 10.5. The predicted octanol–water partition coefficient (Wildman–Crippen LogP) is 6.48. The van der Waals surface area contributed by atoms with E-state index in [0.717, 1.165) is 0 Å². The Bertz CT molecular complexity index is 729. The van der Waals surface area contributed by atoms with Gasteiger partial charge in [0, 0.05) is 11.4 Å². The van der Waals surface area contributed by atoms with Gasteiger partial charge in [0.05, 0.1) is 0 Å². The Morgan fingerprint density at radius 1 is 0.556 bits per heavy atom. The van der Waals surface area contributed by atoms with Gasteiger partial charge < -0.3 is 14.1 Å². The minimum atomic E-state index is -2.11. The van der Waals surface area contributed by atoms with Gasteiger partial charge >= 0.3 is 0 Å². The fourth-order valence-corrected chi connectivity index (χ4v) is 11.5. The number of aryl methyl sites for hydroxylation is 6. The van der Waals surface area contributed by atoms with Crippen LogP contribution in [-0.2, 0) is 4.12 Å². The molecule has 2 aromatic rings. The van der Waals surface area contributed by atoms with Crippen molar-refractivity contribution in [3.63, 3.8) is 0 Å². The van der Waals surface area contributed by atoms with Crippen LogP contribution in [0, 0.1) is 41.5 Å². The second kappa shape index (κ2) is 7.82. The molecule has 5 heteroatoms. The molecule has 0 saturated carbocycles. The lowest BCUT2D eigenvalue weighted by Crippen LogP contribution is -2.54. The molecule has 0 aliphatic carbocycles. The predicted molar refractivity (Wildman–Crippen MR) is 125 cm³/mol. The van der Waals surface area contributed by atoms with Gasteiger partial charge in [-0.05, 0) is 90.0 Å². The smallest absolute Gasteiger partial charge is 0.282 e. The van der Waals surface area contributed by atoms with E-state index in [1.165, 1.54) is 44.8 Å². The number of anilines is 2. The molecule has 0 atom stereocenters. The average Bonchev–Trinajstić information content (AvgIpc) is 2.45. The number of hydrogen-bond acceptors (Lipinski definition) is 3. The topological polar surface area (TPSA) is 33.3 Å². The van der Waals surface area contributed by atoms with E-state index in [9.17, 15) is 0 Å². The summed E-state index contributed by atoms with van der Waals surface area (Å²) in [4.78, 5) is 7.55. The Morgan fingerprint density at radius 3 is 1.07 bits per heavy atom. The van der Waals surface area contributed by atoms with Crippen LogP contribution in [0.25, 0.3) is 0 Å². The van der Waals surface area contributed by atoms with Gasteiger partial charge in [-0.3, -0.25) is 0 Å². The highest BCUT2D eigenvalue weighted by molar-refractivity contribution is 6.87. The van der Waals surface area contributed by atoms with Gasteiger partial charge in [0.1, 0.15) is 0 Å². The van der Waals surface area contributed by atoms with Crippen molar-refractivity contribution in [2.75, 3.05) is 9.96 Å². The summed E-state index contributed by atoms with van der Waals surface area (Å²) in [6.45, 7) is 22.0. The molecule has 0 bridgehead atoms. The lowest BCUT2D eigenvalue weighted by atomic mass is 10.1. The molecule has 0 aliphatic heterocycles. The molecule has 2 rings (SSSR count). The van der Waals surface area contributed by atoms with Gasteiger partial charge in [0.15, 0.2) is 0 Å². The summed E-state index contributed by atoms with van der Waals surface area (Å²) in [5.41, 5.74) is 10.2. The zero-order valence-corrected chi connectivity index (χ0v) is 20.7. The second-order valence-electron chi connectivity index (χ2n) is 8.92. The molecule has 0 amide bonds. The summed E-state index contributed by atoms with van der Waals surface area (Å²) in [7, 11) is -4.22. The van der Waals surface area contributed by atoms with Gasteiger partial charge in [0.2, 0.25) is 0 Å². The van der Waals surface area contributed by atoms with Crippen LogP contribution in [0.2, 0.25) is 26.2 Å². The third kappa shape index (κ3) is 5.70. The highest BCUT2D eigenvalue weighted by Crippen LogP contribution is 2.28. The van der Waals surface area contributed by atoms with Crippen molar-refractivity contribution in [3.05, 3.63) is 57.6 Å². The number of benzene rings is 2. The molecule has 0 heterocycles. The molecule has 3 nitrogen and oxygen atoms in total. The summed E-state index contributed by atoms with van der Waals surface area (Å²) >= 11 is 0. The highest BCUT2D eigenvalue weighted by Gasteiger charge is 2.35. The monoisotopic (exact) mass is 400 g/mol. The first-order valence-corrected chi connectivity index (χ1v) is 15.5. The van der Waals surface area contributed by atoms with Crippen molar-refractivity contribution in [3.8, 4) is 0 Å². The first kappa shape index (κ1) is 21.7. The minimum absolute atomic E-state index is 1.23. The van der Waals surface area contributed by atoms with E-state index in [1.807, 2.05) is 0 Å². The van der Waals surface area contributed by atoms with Gasteiger partial charge in [-0.2, -0.15) is 0 Å². The summed E-state index contributed by atoms with van der Waals surface area (Å²) in [5, 5.41) is 0. The van der Waals surface area contributed by atoms with Crippen molar-refractivity contribution >= 4 is 28.3 Å². The molecule has 27 heavy (non-hydrogen) atoms. The summed E-state index contributed by atoms with van der Waals surface area (Å²) in [6, 6.07) is 8.94. The van der Waals surface area contributed by atoms with Crippen molar-refractivity contribution in [2.45, 2.75) is 67.7 Å². The Kier molecular flexibility index (Phi) is 6.29. The van der Waals surface area contributed by atoms with Crippen LogP contribution in [-0.4, -0.2) is 17.0 Å². The zero-order chi connectivity index (χ0) is 20.6. The van der Waals surface area contributed by atoms with E-state index < -0.39 is 17.0 Å². The molecular formula is C22H36N2OSi2. The lowest BCUT2D eigenvalue weighted by molar-refractivity contribution is 0.558. The number of rotatable bonds is 6. The summed E-state index contributed by atoms with van der Waals surface area (Å²) < 4.78 is 6.77. The van der Waals surface area contributed by atoms with Crippen LogP contribution in [0.15, 0.2) is 24.3 Å². The maximum absolute atomic E-state index is 6.77. The van der Waals surface area contributed by atoms with Crippen molar-refractivity contribution in [1.29, 1.82) is 0 Å². The van der Waals surface area contributed by atoms with E-state index in [-0.39, 0.29) is 0 Å². The van der Waals surface area contributed by atoms with Crippen molar-refractivity contribution in [1.82, 2.24) is 0 Å². The molecule has 0 spiro atoms. The SMILES string of the molecule is Cc1cc(C)c(N[Si](C)(C)O[Si](C)(C)Nc2c(C)cc(C)cc2C)c(C)c1. The van der Waals surface area contributed by atoms with E-state index in [0.29, 0.717) is 0 Å². The molecule has 148 valence electrons. The van der Waals surface area contributed by atoms with Crippen LogP contribution in [0.5, 0.6) is 0 Å². The quantitative estimate of drug-likeness (QED) is 0.544. The van der Waals surface area contributed by atoms with E-state index in [1.54, 1.807) is 0 Å². The Morgan fingerprint density at radius 2 is 0.815 bits per heavy atom. The van der Waals surface area contributed by atoms with Crippen LogP contribution in [0.4, 0.5) is 11.4 Å². The van der Waals surface area contributed by atoms with E-state index in [2.05, 4.69) is 102 Å². The highest BCUT2D eigenvalue weighted by atomic mass is 28.4. The Labute approximate surface area is 168 Å². The van der Waals surface area contributed by atoms with Crippen LogP contribution >= 0.6 is 0 Å². The Balaban J connectivity index is 2.21. The largest absolute Gasteiger partial charge is 0.424 e.